The average Bonchev–Trinajstić information content (AvgIpc) is 3.18. The molecule has 0 aromatic carbocycles. The van der Waals surface area contributed by atoms with Gasteiger partial charge in [-0.05, 0) is 54.2 Å². The fourth-order valence-corrected chi connectivity index (χ4v) is 3.53. The zero-order chi connectivity index (χ0) is 14.7. The Kier molecular flexibility index (Phi) is 4.26. The van der Waals surface area contributed by atoms with Gasteiger partial charge < -0.3 is 10.2 Å². The quantitative estimate of drug-likeness (QED) is 0.904. The summed E-state index contributed by atoms with van der Waals surface area (Å²) in [5.74, 6) is 0.750. The molecule has 2 aromatic heterocycles. The number of carbonyl (C=O) groups is 1. The Bertz CT molecular complexity index is 588. The molecule has 0 unspecified atom stereocenters. The third-order valence-electron chi connectivity index (χ3n) is 3.83. The molecule has 2 aromatic rings. The van der Waals surface area contributed by atoms with Crippen molar-refractivity contribution in [1.82, 2.24) is 30.4 Å². The number of hydrogen-bond donors (Lipinski definition) is 1. The van der Waals surface area contributed by atoms with E-state index in [4.69, 9.17) is 0 Å². The summed E-state index contributed by atoms with van der Waals surface area (Å²) in [6.07, 6.45) is 3.62. The highest BCUT2D eigenvalue weighted by atomic mass is 32.1. The third kappa shape index (κ3) is 2.96. The molecule has 0 radical (unpaired) electrons. The van der Waals surface area contributed by atoms with E-state index in [0.29, 0.717) is 10.8 Å². The number of rotatable bonds is 4. The normalized spacial score (nSPS) is 16.3. The Balaban J connectivity index is 1.71. The largest absolute Gasteiger partial charge is 0.338 e. The van der Waals surface area contributed by atoms with E-state index in [1.165, 1.54) is 22.3 Å². The van der Waals surface area contributed by atoms with Gasteiger partial charge in [-0.1, -0.05) is 0 Å². The van der Waals surface area contributed by atoms with E-state index in [0.717, 1.165) is 38.2 Å². The van der Waals surface area contributed by atoms with E-state index >= 15 is 0 Å². The van der Waals surface area contributed by atoms with Crippen LogP contribution in [0.15, 0.2) is 17.8 Å². The van der Waals surface area contributed by atoms with Crippen molar-refractivity contribution < 1.29 is 4.79 Å². The first-order chi connectivity index (χ1) is 10.3. The van der Waals surface area contributed by atoms with Crippen LogP contribution < -0.4 is 5.32 Å². The number of tetrazole rings is 1. The Morgan fingerprint density at radius 1 is 1.48 bits per heavy atom. The Labute approximate surface area is 126 Å². The molecule has 7 nitrogen and oxygen atoms in total. The molecule has 3 rings (SSSR count). The zero-order valence-corrected chi connectivity index (χ0v) is 12.7. The zero-order valence-electron chi connectivity index (χ0n) is 11.9. The van der Waals surface area contributed by atoms with Gasteiger partial charge in [-0.15, -0.1) is 16.4 Å². The van der Waals surface area contributed by atoms with Crippen LogP contribution in [0, 0.1) is 5.92 Å². The molecule has 8 heteroatoms. The van der Waals surface area contributed by atoms with Gasteiger partial charge in [0, 0.05) is 13.1 Å². The number of hydrogen-bond acceptors (Lipinski definition) is 6. The van der Waals surface area contributed by atoms with Crippen LogP contribution in [0.3, 0.4) is 0 Å². The highest BCUT2D eigenvalue weighted by Crippen LogP contribution is 2.24. The van der Waals surface area contributed by atoms with E-state index in [1.807, 2.05) is 23.4 Å². The van der Waals surface area contributed by atoms with Crippen molar-refractivity contribution in [3.8, 4) is 5.69 Å². The number of amides is 1. The molecular formula is C13H18N6OS. The average molecular weight is 306 g/mol. The van der Waals surface area contributed by atoms with Crippen LogP contribution in [0.1, 0.15) is 22.5 Å². The number of likely N-dealkylation sites (tertiary alicyclic amines) is 1. The molecule has 0 bridgehead atoms. The van der Waals surface area contributed by atoms with Gasteiger partial charge in [-0.2, -0.15) is 4.68 Å². The summed E-state index contributed by atoms with van der Waals surface area (Å²) in [4.78, 5) is 15.3. The summed E-state index contributed by atoms with van der Waals surface area (Å²) < 4.78 is 1.54. The lowest BCUT2D eigenvalue weighted by molar-refractivity contribution is 0.0695. The minimum atomic E-state index is 0.0819. The van der Waals surface area contributed by atoms with E-state index in [2.05, 4.69) is 20.8 Å². The van der Waals surface area contributed by atoms with Gasteiger partial charge in [0.05, 0.1) is 5.69 Å². The molecule has 1 N–H and O–H groups in total. The second kappa shape index (κ2) is 6.31. The van der Waals surface area contributed by atoms with Crippen molar-refractivity contribution >= 4 is 17.2 Å². The molecular weight excluding hydrogens is 288 g/mol. The van der Waals surface area contributed by atoms with Crippen molar-refractivity contribution in [3.63, 3.8) is 0 Å². The molecule has 3 heterocycles. The van der Waals surface area contributed by atoms with Crippen molar-refractivity contribution in [2.24, 2.45) is 5.92 Å². The van der Waals surface area contributed by atoms with Crippen molar-refractivity contribution in [1.29, 1.82) is 0 Å². The topological polar surface area (TPSA) is 75.9 Å². The van der Waals surface area contributed by atoms with Crippen molar-refractivity contribution in [2.75, 3.05) is 26.7 Å². The summed E-state index contributed by atoms with van der Waals surface area (Å²) in [6, 6.07) is 1.88. The van der Waals surface area contributed by atoms with Gasteiger partial charge >= 0.3 is 0 Å². The standard InChI is InChI=1S/C13H18N6OS/c1-14-8-10-2-5-18(6-3-10)13(20)12-11(4-7-21-12)19-9-15-16-17-19/h4,7,9-10,14H,2-3,5-6,8H2,1H3. The molecule has 1 amide bonds. The Morgan fingerprint density at radius 2 is 2.29 bits per heavy atom. The van der Waals surface area contributed by atoms with Gasteiger partial charge in [0.1, 0.15) is 11.2 Å². The number of piperidine rings is 1. The predicted octanol–water partition coefficient (Wildman–Crippen LogP) is 0.795. The fraction of sp³-hybridized carbons (Fsp3) is 0.538. The minimum absolute atomic E-state index is 0.0819. The predicted molar refractivity (Wildman–Crippen MR) is 79.6 cm³/mol. The Morgan fingerprint density at radius 3 is 2.95 bits per heavy atom. The maximum atomic E-state index is 12.7. The van der Waals surface area contributed by atoms with E-state index in [1.54, 1.807) is 0 Å². The summed E-state index contributed by atoms with van der Waals surface area (Å²) in [7, 11) is 1.97. The van der Waals surface area contributed by atoms with Crippen LogP contribution in [0.4, 0.5) is 0 Å². The van der Waals surface area contributed by atoms with Crippen molar-refractivity contribution in [2.45, 2.75) is 12.8 Å². The number of nitrogens with zero attached hydrogens (tertiary/aromatic N) is 5. The molecule has 112 valence electrons. The monoisotopic (exact) mass is 306 g/mol. The Hall–Kier alpha value is -1.80. The highest BCUT2D eigenvalue weighted by Gasteiger charge is 2.26. The number of aromatic nitrogens is 4. The van der Waals surface area contributed by atoms with Crippen LogP contribution in [-0.2, 0) is 0 Å². The molecule has 1 aliphatic heterocycles. The lowest BCUT2D eigenvalue weighted by atomic mass is 9.97. The summed E-state index contributed by atoms with van der Waals surface area (Å²) in [6.45, 7) is 2.66. The van der Waals surface area contributed by atoms with Gasteiger partial charge in [-0.25, -0.2) is 0 Å². The van der Waals surface area contributed by atoms with Gasteiger partial charge in [-0.3, -0.25) is 4.79 Å². The molecule has 21 heavy (non-hydrogen) atoms. The molecule has 1 saturated heterocycles. The van der Waals surface area contributed by atoms with Gasteiger partial charge in [0.2, 0.25) is 0 Å². The first kappa shape index (κ1) is 14.2. The number of thiophene rings is 1. The minimum Gasteiger partial charge on any atom is -0.338 e. The van der Waals surface area contributed by atoms with Crippen LogP contribution in [0.5, 0.6) is 0 Å². The number of carbonyl (C=O) groups excluding carboxylic acids is 1. The fourth-order valence-electron chi connectivity index (χ4n) is 2.69. The van der Waals surface area contributed by atoms with Gasteiger partial charge in [0.25, 0.3) is 5.91 Å². The number of nitrogens with one attached hydrogen (secondary N) is 1. The summed E-state index contributed by atoms with van der Waals surface area (Å²) >= 11 is 1.44. The van der Waals surface area contributed by atoms with E-state index in [-0.39, 0.29) is 5.91 Å². The highest BCUT2D eigenvalue weighted by molar-refractivity contribution is 7.12. The second-order valence-electron chi connectivity index (χ2n) is 5.18. The summed E-state index contributed by atoms with van der Waals surface area (Å²) in [5, 5.41) is 16.2. The second-order valence-corrected chi connectivity index (χ2v) is 6.10. The van der Waals surface area contributed by atoms with Crippen LogP contribution in [0.2, 0.25) is 0 Å². The van der Waals surface area contributed by atoms with Crippen LogP contribution >= 0.6 is 11.3 Å². The lowest BCUT2D eigenvalue weighted by Gasteiger charge is -2.31. The maximum Gasteiger partial charge on any atom is 0.266 e. The van der Waals surface area contributed by atoms with Crippen LogP contribution in [-0.4, -0.2) is 57.7 Å². The van der Waals surface area contributed by atoms with Gasteiger partial charge in [0.15, 0.2) is 0 Å². The third-order valence-corrected chi connectivity index (χ3v) is 4.72. The lowest BCUT2D eigenvalue weighted by Crippen LogP contribution is -2.40. The molecule has 1 fully saturated rings. The maximum absolute atomic E-state index is 12.7. The first-order valence-electron chi connectivity index (χ1n) is 7.04. The van der Waals surface area contributed by atoms with E-state index in [9.17, 15) is 4.79 Å². The molecule has 0 atom stereocenters. The smallest absolute Gasteiger partial charge is 0.266 e. The van der Waals surface area contributed by atoms with E-state index < -0.39 is 0 Å². The molecule has 0 spiro atoms. The SMILES string of the molecule is CNCC1CCN(C(=O)c2sccc2-n2cnnn2)CC1. The molecule has 1 aliphatic rings. The molecule has 0 aliphatic carbocycles. The van der Waals surface area contributed by atoms with Crippen LogP contribution in [0.25, 0.3) is 5.69 Å². The summed E-state index contributed by atoms with van der Waals surface area (Å²) in [5.41, 5.74) is 0.757. The molecule has 0 saturated carbocycles. The first-order valence-corrected chi connectivity index (χ1v) is 7.92. The van der Waals surface area contributed by atoms with Crippen molar-refractivity contribution in [3.05, 3.63) is 22.7 Å².